The summed E-state index contributed by atoms with van der Waals surface area (Å²) in [6.45, 7) is 1.75. The lowest BCUT2D eigenvalue weighted by atomic mass is 10.2. The molecule has 140 valence electrons. The molecule has 0 aliphatic rings. The summed E-state index contributed by atoms with van der Waals surface area (Å²) in [7, 11) is 0. The van der Waals surface area contributed by atoms with E-state index in [1.165, 1.54) is 34.1 Å². The minimum absolute atomic E-state index is 0.220. The number of fused-ring (bicyclic) bond motifs is 1. The Kier molecular flexibility index (Phi) is 5.91. The number of hydrogen-bond acceptors (Lipinski definition) is 3. The van der Waals surface area contributed by atoms with Crippen LogP contribution in [-0.2, 0) is 4.79 Å². The van der Waals surface area contributed by atoms with Crippen LogP contribution in [0.15, 0.2) is 41.4 Å². The summed E-state index contributed by atoms with van der Waals surface area (Å²) < 4.78 is 2.30. The van der Waals surface area contributed by atoms with Gasteiger partial charge in [-0.2, -0.15) is 4.99 Å². The molecule has 0 saturated heterocycles. The number of carbonyl (C=O) groups is 2. The smallest absolute Gasteiger partial charge is 0.326 e. The van der Waals surface area contributed by atoms with E-state index >= 15 is 0 Å². The van der Waals surface area contributed by atoms with Crippen LogP contribution in [0.5, 0.6) is 0 Å². The van der Waals surface area contributed by atoms with Gasteiger partial charge in [0.25, 0.3) is 5.91 Å². The van der Waals surface area contributed by atoms with Gasteiger partial charge in [0.2, 0.25) is 0 Å². The van der Waals surface area contributed by atoms with E-state index in [1.807, 2.05) is 0 Å². The third-order valence-electron chi connectivity index (χ3n) is 3.88. The van der Waals surface area contributed by atoms with E-state index in [9.17, 15) is 14.7 Å². The van der Waals surface area contributed by atoms with Gasteiger partial charge >= 0.3 is 5.97 Å². The van der Waals surface area contributed by atoms with Crippen LogP contribution in [0.3, 0.4) is 0 Å². The lowest BCUT2D eigenvalue weighted by Crippen LogP contribution is -2.27. The monoisotopic (exact) mass is 442 g/mol. The minimum atomic E-state index is -1.02. The highest BCUT2D eigenvalue weighted by molar-refractivity contribution is 7.16. The van der Waals surface area contributed by atoms with Crippen molar-refractivity contribution in [1.29, 1.82) is 0 Å². The molecule has 1 heterocycles. The first-order valence-electron chi connectivity index (χ1n) is 7.88. The zero-order chi connectivity index (χ0) is 19.7. The van der Waals surface area contributed by atoms with E-state index in [0.717, 1.165) is 4.70 Å². The van der Waals surface area contributed by atoms with Gasteiger partial charge in [0, 0.05) is 20.6 Å². The van der Waals surface area contributed by atoms with Crippen molar-refractivity contribution in [1.82, 2.24) is 4.57 Å². The highest BCUT2D eigenvalue weighted by Gasteiger charge is 2.22. The van der Waals surface area contributed by atoms with E-state index in [2.05, 4.69) is 4.99 Å². The van der Waals surface area contributed by atoms with Crippen molar-refractivity contribution in [3.05, 3.63) is 61.8 Å². The Bertz CT molecular complexity index is 1100. The van der Waals surface area contributed by atoms with E-state index < -0.39 is 17.9 Å². The third-order valence-corrected chi connectivity index (χ3v) is 5.59. The molecule has 3 rings (SSSR count). The van der Waals surface area contributed by atoms with Gasteiger partial charge < -0.3 is 9.67 Å². The van der Waals surface area contributed by atoms with E-state index in [4.69, 9.17) is 34.8 Å². The second-order valence-corrected chi connectivity index (χ2v) is 8.02. The summed E-state index contributed by atoms with van der Waals surface area (Å²) in [5, 5.41) is 10.7. The van der Waals surface area contributed by atoms with Gasteiger partial charge in [-0.25, -0.2) is 4.79 Å². The van der Waals surface area contributed by atoms with E-state index in [1.54, 1.807) is 25.1 Å². The summed E-state index contributed by atoms with van der Waals surface area (Å²) in [6, 6.07) is 8.69. The van der Waals surface area contributed by atoms with Gasteiger partial charge in [-0.05, 0) is 42.8 Å². The predicted octanol–water partition coefficient (Wildman–Crippen LogP) is 5.44. The molecule has 0 spiro atoms. The van der Waals surface area contributed by atoms with Gasteiger partial charge in [0.1, 0.15) is 6.04 Å². The largest absolute Gasteiger partial charge is 0.480 e. The van der Waals surface area contributed by atoms with Crippen LogP contribution in [-0.4, -0.2) is 21.6 Å². The Balaban J connectivity index is 2.25. The number of aliphatic carboxylic acids is 1. The standard InChI is InChI=1S/C18H13Cl3N2O3S/c1-2-13(17(25)26)23-14-8-10(19)3-4-15(14)27-18(23)22-16(24)9-5-11(20)7-12(21)6-9/h3-8,13H,2H2,1H3,(H,25,26)/b22-18-. The zero-order valence-electron chi connectivity index (χ0n) is 13.9. The molecule has 0 fully saturated rings. The second kappa shape index (κ2) is 8.02. The van der Waals surface area contributed by atoms with Gasteiger partial charge in [-0.3, -0.25) is 4.79 Å². The van der Waals surface area contributed by atoms with Gasteiger partial charge in [-0.15, -0.1) is 0 Å². The van der Waals surface area contributed by atoms with Crippen molar-refractivity contribution in [2.24, 2.45) is 4.99 Å². The number of thiazole rings is 1. The molecule has 1 unspecified atom stereocenters. The molecule has 1 amide bonds. The van der Waals surface area contributed by atoms with Crippen LogP contribution in [0.25, 0.3) is 10.2 Å². The number of hydrogen-bond donors (Lipinski definition) is 1. The Morgan fingerprint density at radius 1 is 1.11 bits per heavy atom. The number of halogens is 3. The highest BCUT2D eigenvalue weighted by Crippen LogP contribution is 2.26. The molecule has 1 aromatic heterocycles. The van der Waals surface area contributed by atoms with Crippen LogP contribution < -0.4 is 4.80 Å². The lowest BCUT2D eigenvalue weighted by molar-refractivity contribution is -0.140. The molecule has 5 nitrogen and oxygen atoms in total. The Labute approximate surface area is 173 Å². The molecule has 0 aliphatic heterocycles. The molecule has 0 aliphatic carbocycles. The van der Waals surface area contributed by atoms with Crippen molar-refractivity contribution >= 4 is 68.2 Å². The predicted molar refractivity (Wildman–Crippen MR) is 108 cm³/mol. The zero-order valence-corrected chi connectivity index (χ0v) is 17.0. The SMILES string of the molecule is CCC(C(=O)O)n1/c(=N/C(=O)c2cc(Cl)cc(Cl)c2)sc2ccc(Cl)cc21. The third kappa shape index (κ3) is 4.19. The van der Waals surface area contributed by atoms with Crippen molar-refractivity contribution in [2.75, 3.05) is 0 Å². The second-order valence-electron chi connectivity index (χ2n) is 5.70. The van der Waals surface area contributed by atoms with Crippen LogP contribution in [0.4, 0.5) is 0 Å². The lowest BCUT2D eigenvalue weighted by Gasteiger charge is -2.13. The Hall–Kier alpha value is -1.86. The molecule has 9 heteroatoms. The summed E-state index contributed by atoms with van der Waals surface area (Å²) in [5.74, 6) is -1.58. The van der Waals surface area contributed by atoms with Gasteiger partial charge in [0.15, 0.2) is 4.80 Å². The first kappa shape index (κ1) is 19.9. The molecule has 0 saturated carbocycles. The summed E-state index contributed by atoms with van der Waals surface area (Å²) in [4.78, 5) is 28.8. The van der Waals surface area contributed by atoms with Crippen LogP contribution in [0, 0.1) is 0 Å². The van der Waals surface area contributed by atoms with E-state index in [0.29, 0.717) is 27.0 Å². The number of amides is 1. The highest BCUT2D eigenvalue weighted by atomic mass is 35.5. The minimum Gasteiger partial charge on any atom is -0.480 e. The average molecular weight is 444 g/mol. The quantitative estimate of drug-likeness (QED) is 0.583. The number of carboxylic acids is 1. The van der Waals surface area contributed by atoms with Crippen molar-refractivity contribution in [2.45, 2.75) is 19.4 Å². The molecule has 0 bridgehead atoms. The average Bonchev–Trinajstić information content (AvgIpc) is 2.92. The number of carboxylic acid groups (broad SMARTS) is 1. The molecule has 3 aromatic rings. The van der Waals surface area contributed by atoms with Crippen LogP contribution >= 0.6 is 46.1 Å². The fourth-order valence-corrected chi connectivity index (χ4v) is 4.43. The number of aromatic nitrogens is 1. The first-order valence-corrected chi connectivity index (χ1v) is 9.83. The summed E-state index contributed by atoms with van der Waals surface area (Å²) >= 11 is 19.2. The van der Waals surface area contributed by atoms with Crippen LogP contribution in [0.1, 0.15) is 29.7 Å². The molecule has 0 radical (unpaired) electrons. The Morgan fingerprint density at radius 2 is 1.78 bits per heavy atom. The number of rotatable bonds is 4. The summed E-state index contributed by atoms with van der Waals surface area (Å²) in [5.41, 5.74) is 0.829. The fraction of sp³-hybridized carbons (Fsp3) is 0.167. The van der Waals surface area contributed by atoms with Gasteiger partial charge in [0.05, 0.1) is 10.2 Å². The normalized spacial score (nSPS) is 13.1. The maximum atomic E-state index is 12.6. The molecular weight excluding hydrogens is 431 g/mol. The molecule has 1 atom stereocenters. The summed E-state index contributed by atoms with van der Waals surface area (Å²) in [6.07, 6.45) is 0.318. The Morgan fingerprint density at radius 3 is 2.37 bits per heavy atom. The number of nitrogens with zero attached hydrogens (tertiary/aromatic N) is 2. The maximum absolute atomic E-state index is 12.6. The van der Waals surface area contributed by atoms with Crippen LogP contribution in [0.2, 0.25) is 15.1 Å². The molecule has 1 N–H and O–H groups in total. The number of benzene rings is 2. The van der Waals surface area contributed by atoms with Crippen molar-refractivity contribution in [3.63, 3.8) is 0 Å². The molecule has 2 aromatic carbocycles. The molecule has 27 heavy (non-hydrogen) atoms. The van der Waals surface area contributed by atoms with Crippen molar-refractivity contribution in [3.8, 4) is 0 Å². The molecular formula is C18H13Cl3N2O3S. The van der Waals surface area contributed by atoms with Gasteiger partial charge in [-0.1, -0.05) is 53.1 Å². The fourth-order valence-electron chi connectivity index (χ4n) is 2.69. The number of carbonyl (C=O) groups excluding carboxylic acids is 1. The van der Waals surface area contributed by atoms with Crippen molar-refractivity contribution < 1.29 is 14.7 Å². The topological polar surface area (TPSA) is 71.7 Å². The van der Waals surface area contributed by atoms with E-state index in [-0.39, 0.29) is 10.4 Å². The first-order chi connectivity index (χ1) is 12.8. The maximum Gasteiger partial charge on any atom is 0.326 e.